The Hall–Kier alpha value is -1.26. The van der Waals surface area contributed by atoms with Gasteiger partial charge >= 0.3 is 0 Å². The van der Waals surface area contributed by atoms with Gasteiger partial charge in [0, 0.05) is 31.4 Å². The zero-order valence-electron chi connectivity index (χ0n) is 11.2. The van der Waals surface area contributed by atoms with Crippen LogP contribution in [0.5, 0.6) is 5.75 Å². The number of hydrogen-bond donors (Lipinski definition) is 1. The Kier molecular flexibility index (Phi) is 5.25. The maximum absolute atomic E-state index is 5.98. The second-order valence-electron chi connectivity index (χ2n) is 4.61. The number of ether oxygens (including phenoxy) is 1. The molecule has 0 radical (unpaired) electrons. The lowest BCUT2D eigenvalue weighted by Crippen LogP contribution is -2.28. The molecule has 1 rings (SSSR count). The van der Waals surface area contributed by atoms with Gasteiger partial charge in [0.1, 0.15) is 5.75 Å². The van der Waals surface area contributed by atoms with Crippen LogP contribution in [-0.2, 0) is 6.54 Å². The summed E-state index contributed by atoms with van der Waals surface area (Å²) < 4.78 is 5.13. The number of rotatable bonds is 6. The van der Waals surface area contributed by atoms with Crippen LogP contribution in [0.3, 0.4) is 0 Å². The molecule has 0 unspecified atom stereocenters. The van der Waals surface area contributed by atoms with Crippen molar-refractivity contribution >= 4 is 5.69 Å². The van der Waals surface area contributed by atoms with Crippen molar-refractivity contribution < 1.29 is 4.74 Å². The first-order valence-corrected chi connectivity index (χ1v) is 5.78. The minimum atomic E-state index is 0.793. The van der Waals surface area contributed by atoms with E-state index in [4.69, 9.17) is 10.5 Å². The zero-order valence-corrected chi connectivity index (χ0v) is 11.2. The summed E-state index contributed by atoms with van der Waals surface area (Å²) in [7, 11) is 7.91. The molecule has 0 fully saturated rings. The molecule has 4 heteroatoms. The molecule has 0 atom stereocenters. The fourth-order valence-electron chi connectivity index (χ4n) is 1.58. The highest BCUT2D eigenvalue weighted by Gasteiger charge is 2.05. The first kappa shape index (κ1) is 13.8. The molecule has 0 heterocycles. The van der Waals surface area contributed by atoms with Crippen LogP contribution in [0.25, 0.3) is 0 Å². The van der Waals surface area contributed by atoms with Crippen LogP contribution in [0.4, 0.5) is 5.69 Å². The van der Waals surface area contributed by atoms with E-state index < -0.39 is 0 Å². The van der Waals surface area contributed by atoms with E-state index in [0.29, 0.717) is 0 Å². The van der Waals surface area contributed by atoms with E-state index >= 15 is 0 Å². The lowest BCUT2D eigenvalue weighted by atomic mass is 10.1. The van der Waals surface area contributed by atoms with Gasteiger partial charge in [-0.15, -0.1) is 0 Å². The second-order valence-corrected chi connectivity index (χ2v) is 4.61. The number of anilines is 1. The number of likely N-dealkylation sites (N-methyl/N-ethyl adjacent to an activating group) is 2. The number of hydrogen-bond acceptors (Lipinski definition) is 4. The molecule has 0 aliphatic carbocycles. The Morgan fingerprint density at radius 3 is 2.41 bits per heavy atom. The number of nitrogen functional groups attached to an aromatic ring is 1. The third-order valence-corrected chi connectivity index (χ3v) is 2.72. The molecular weight excluding hydrogens is 214 g/mol. The van der Waals surface area contributed by atoms with Crippen molar-refractivity contribution in [3.8, 4) is 5.75 Å². The minimum Gasteiger partial charge on any atom is -0.497 e. The minimum absolute atomic E-state index is 0.793. The molecule has 0 bridgehead atoms. The second kappa shape index (κ2) is 6.47. The van der Waals surface area contributed by atoms with Gasteiger partial charge in [-0.25, -0.2) is 0 Å². The average Bonchev–Trinajstić information content (AvgIpc) is 2.29. The Labute approximate surface area is 104 Å². The first-order valence-electron chi connectivity index (χ1n) is 5.78. The summed E-state index contributed by atoms with van der Waals surface area (Å²) in [5.41, 5.74) is 7.92. The van der Waals surface area contributed by atoms with Crippen LogP contribution < -0.4 is 10.5 Å². The summed E-state index contributed by atoms with van der Waals surface area (Å²) >= 11 is 0. The summed E-state index contributed by atoms with van der Waals surface area (Å²) in [6, 6.07) is 5.85. The van der Waals surface area contributed by atoms with E-state index in [1.54, 1.807) is 7.11 Å². The summed E-state index contributed by atoms with van der Waals surface area (Å²) in [4.78, 5) is 4.44. The fourth-order valence-corrected chi connectivity index (χ4v) is 1.58. The Bertz CT molecular complexity index is 353. The van der Waals surface area contributed by atoms with Gasteiger partial charge in [0.25, 0.3) is 0 Å². The Balaban J connectivity index is 2.56. The van der Waals surface area contributed by atoms with Crippen molar-refractivity contribution in [2.45, 2.75) is 6.54 Å². The summed E-state index contributed by atoms with van der Waals surface area (Å²) in [5.74, 6) is 0.808. The first-order chi connectivity index (χ1) is 8.02. The zero-order chi connectivity index (χ0) is 12.8. The molecule has 0 saturated carbocycles. The largest absolute Gasteiger partial charge is 0.497 e. The number of nitrogens with two attached hydrogens (primary N) is 1. The lowest BCUT2D eigenvalue weighted by molar-refractivity contribution is 0.276. The highest BCUT2D eigenvalue weighted by Crippen LogP contribution is 2.20. The molecule has 0 spiro atoms. The van der Waals surface area contributed by atoms with Gasteiger partial charge in [-0.2, -0.15) is 0 Å². The Morgan fingerprint density at radius 1 is 1.18 bits per heavy atom. The van der Waals surface area contributed by atoms with Gasteiger partial charge in [0.2, 0.25) is 0 Å². The van der Waals surface area contributed by atoms with Crippen molar-refractivity contribution in [3.05, 3.63) is 23.8 Å². The van der Waals surface area contributed by atoms with Gasteiger partial charge in [-0.1, -0.05) is 6.07 Å². The fraction of sp³-hybridized carbons (Fsp3) is 0.538. The van der Waals surface area contributed by atoms with Crippen LogP contribution in [0.1, 0.15) is 5.56 Å². The van der Waals surface area contributed by atoms with Crippen LogP contribution in [-0.4, -0.2) is 51.1 Å². The summed E-state index contributed by atoms with van der Waals surface area (Å²) in [6.07, 6.45) is 0. The molecule has 0 aromatic heterocycles. The molecule has 1 aromatic carbocycles. The van der Waals surface area contributed by atoms with Crippen LogP contribution in [0.2, 0.25) is 0 Å². The topological polar surface area (TPSA) is 41.7 Å². The van der Waals surface area contributed by atoms with E-state index in [2.05, 4.69) is 30.9 Å². The molecule has 4 nitrogen and oxygen atoms in total. The Morgan fingerprint density at radius 2 is 1.88 bits per heavy atom. The lowest BCUT2D eigenvalue weighted by Gasteiger charge is -2.20. The van der Waals surface area contributed by atoms with Crippen LogP contribution in [0, 0.1) is 0 Å². The monoisotopic (exact) mass is 237 g/mol. The van der Waals surface area contributed by atoms with E-state index in [1.807, 2.05) is 18.2 Å². The van der Waals surface area contributed by atoms with Gasteiger partial charge in [-0.3, -0.25) is 0 Å². The molecule has 1 aromatic rings. The molecule has 96 valence electrons. The van der Waals surface area contributed by atoms with E-state index in [-0.39, 0.29) is 0 Å². The van der Waals surface area contributed by atoms with Crippen LogP contribution >= 0.6 is 0 Å². The number of nitrogens with zero attached hydrogens (tertiary/aromatic N) is 2. The highest BCUT2D eigenvalue weighted by molar-refractivity contribution is 5.51. The molecular formula is C13H23N3O. The SMILES string of the molecule is COc1ccc(CN(C)CCN(C)C)c(N)c1. The van der Waals surface area contributed by atoms with Gasteiger partial charge in [0.05, 0.1) is 7.11 Å². The third-order valence-electron chi connectivity index (χ3n) is 2.72. The van der Waals surface area contributed by atoms with E-state index in [1.165, 1.54) is 0 Å². The van der Waals surface area contributed by atoms with Crippen molar-refractivity contribution in [2.75, 3.05) is 47.1 Å². The normalized spacial score (nSPS) is 11.2. The van der Waals surface area contributed by atoms with Gasteiger partial charge in [0.15, 0.2) is 0 Å². The predicted molar refractivity (Wildman–Crippen MR) is 72.3 cm³/mol. The van der Waals surface area contributed by atoms with Gasteiger partial charge < -0.3 is 20.3 Å². The predicted octanol–water partition coefficient (Wildman–Crippen LogP) is 1.27. The standard InChI is InChI=1S/C13H23N3O/c1-15(2)7-8-16(3)10-11-5-6-12(17-4)9-13(11)14/h5-6,9H,7-8,10,14H2,1-4H3. The number of methoxy groups -OCH3 is 1. The number of benzene rings is 1. The molecule has 0 aliphatic rings. The molecule has 2 N–H and O–H groups in total. The highest BCUT2D eigenvalue weighted by atomic mass is 16.5. The molecule has 17 heavy (non-hydrogen) atoms. The quantitative estimate of drug-likeness (QED) is 0.757. The van der Waals surface area contributed by atoms with Gasteiger partial charge in [-0.05, 0) is 32.8 Å². The van der Waals surface area contributed by atoms with Crippen molar-refractivity contribution in [1.29, 1.82) is 0 Å². The maximum Gasteiger partial charge on any atom is 0.120 e. The van der Waals surface area contributed by atoms with E-state index in [9.17, 15) is 0 Å². The van der Waals surface area contributed by atoms with Crippen molar-refractivity contribution in [3.63, 3.8) is 0 Å². The van der Waals surface area contributed by atoms with E-state index in [0.717, 1.165) is 36.6 Å². The molecule has 0 aliphatic heterocycles. The third kappa shape index (κ3) is 4.63. The van der Waals surface area contributed by atoms with Crippen LogP contribution in [0.15, 0.2) is 18.2 Å². The van der Waals surface area contributed by atoms with Crippen molar-refractivity contribution in [1.82, 2.24) is 9.80 Å². The maximum atomic E-state index is 5.98. The molecule has 0 amide bonds. The van der Waals surface area contributed by atoms with Crippen molar-refractivity contribution in [2.24, 2.45) is 0 Å². The smallest absolute Gasteiger partial charge is 0.120 e. The average molecular weight is 237 g/mol. The molecule has 0 saturated heterocycles. The summed E-state index contributed by atoms with van der Waals surface area (Å²) in [6.45, 7) is 2.94. The summed E-state index contributed by atoms with van der Waals surface area (Å²) in [5, 5.41) is 0.